The molecule has 0 atom stereocenters. The number of hydrogen-bond acceptors (Lipinski definition) is 3. The number of unbranched alkanes of at least 4 members (excludes halogenated alkanes) is 1. The number of carbonyl (C=O) groups is 1. The number of aliphatic hydroxyl groups excluding tert-OH is 1. The van der Waals surface area contributed by atoms with Gasteiger partial charge in [-0.15, -0.1) is 0 Å². The zero-order valence-electron chi connectivity index (χ0n) is 13.5. The minimum Gasteiger partial charge on any atom is -0.396 e. The number of rotatable bonds is 6. The van der Waals surface area contributed by atoms with E-state index in [1.807, 2.05) is 30.0 Å². The lowest BCUT2D eigenvalue weighted by atomic mass is 10.1. The summed E-state index contributed by atoms with van der Waals surface area (Å²) in [6.45, 7) is 2.88. The molecule has 1 heterocycles. The molecule has 0 saturated heterocycles. The van der Waals surface area contributed by atoms with E-state index in [9.17, 15) is 4.79 Å². The Morgan fingerprint density at radius 3 is 2.96 bits per heavy atom. The molecule has 5 nitrogen and oxygen atoms in total. The zero-order valence-corrected chi connectivity index (χ0v) is 13.5. The van der Waals surface area contributed by atoms with E-state index in [1.165, 1.54) is 0 Å². The number of fused-ring (bicyclic) bond motifs is 1. The predicted octanol–water partition coefficient (Wildman–Crippen LogP) is 3.31. The number of urea groups is 1. The highest BCUT2D eigenvalue weighted by molar-refractivity contribution is 6.00. The highest BCUT2D eigenvalue weighted by Crippen LogP contribution is 2.29. The minimum absolute atomic E-state index is 0.0667. The average Bonchev–Trinajstić information content (AvgIpc) is 3.36. The normalized spacial score (nSPS) is 14.0. The third kappa shape index (κ3) is 3.79. The van der Waals surface area contributed by atoms with Crippen LogP contribution in [0.2, 0.25) is 0 Å². The van der Waals surface area contributed by atoms with Gasteiger partial charge < -0.3 is 15.3 Å². The number of nitrogens with one attached hydrogen (secondary N) is 1. The molecule has 0 unspecified atom stereocenters. The second kappa shape index (κ2) is 6.96. The predicted molar refractivity (Wildman–Crippen MR) is 91.5 cm³/mol. The van der Waals surface area contributed by atoms with Crippen molar-refractivity contribution in [3.63, 3.8) is 0 Å². The van der Waals surface area contributed by atoms with Gasteiger partial charge in [0.15, 0.2) is 0 Å². The van der Waals surface area contributed by atoms with Crippen LogP contribution in [0.1, 0.15) is 31.2 Å². The van der Waals surface area contributed by atoms with Crippen molar-refractivity contribution in [1.29, 1.82) is 0 Å². The Morgan fingerprint density at radius 1 is 1.39 bits per heavy atom. The number of nitrogens with zero attached hydrogens (tertiary/aromatic N) is 2. The number of amides is 2. The first-order chi connectivity index (χ1) is 11.2. The van der Waals surface area contributed by atoms with Gasteiger partial charge >= 0.3 is 6.03 Å². The van der Waals surface area contributed by atoms with Crippen LogP contribution < -0.4 is 5.32 Å². The van der Waals surface area contributed by atoms with Gasteiger partial charge in [-0.3, -0.25) is 4.98 Å². The Bertz CT molecular complexity index is 698. The number of pyridine rings is 1. The topological polar surface area (TPSA) is 65.5 Å². The summed E-state index contributed by atoms with van der Waals surface area (Å²) >= 11 is 0. The van der Waals surface area contributed by atoms with Gasteiger partial charge in [0.25, 0.3) is 0 Å². The lowest BCUT2D eigenvalue weighted by Crippen LogP contribution is -2.37. The van der Waals surface area contributed by atoms with Gasteiger partial charge in [-0.05, 0) is 56.4 Å². The third-order valence-electron chi connectivity index (χ3n) is 4.15. The quantitative estimate of drug-likeness (QED) is 0.804. The molecule has 3 rings (SSSR count). The zero-order chi connectivity index (χ0) is 16.2. The van der Waals surface area contributed by atoms with Crippen LogP contribution in [-0.4, -0.2) is 40.2 Å². The Balaban J connectivity index is 1.78. The first-order valence-corrected chi connectivity index (χ1v) is 8.23. The maximum atomic E-state index is 12.7. The fourth-order valence-electron chi connectivity index (χ4n) is 2.85. The van der Waals surface area contributed by atoms with E-state index in [2.05, 4.69) is 16.4 Å². The fourth-order valence-corrected chi connectivity index (χ4v) is 2.85. The van der Waals surface area contributed by atoms with Gasteiger partial charge in [0, 0.05) is 30.8 Å². The number of anilines is 1. The maximum absolute atomic E-state index is 12.7. The smallest absolute Gasteiger partial charge is 0.322 e. The van der Waals surface area contributed by atoms with Crippen molar-refractivity contribution in [3.8, 4) is 0 Å². The molecule has 1 fully saturated rings. The Hall–Kier alpha value is -2.14. The molecule has 1 saturated carbocycles. The second-order valence-electron chi connectivity index (χ2n) is 6.17. The Kier molecular flexibility index (Phi) is 4.76. The molecule has 1 aromatic carbocycles. The van der Waals surface area contributed by atoms with E-state index in [4.69, 9.17) is 5.11 Å². The van der Waals surface area contributed by atoms with Crippen LogP contribution in [-0.2, 0) is 0 Å². The number of aliphatic hydroxyl groups is 1. The van der Waals surface area contributed by atoms with Crippen LogP contribution in [0.4, 0.5) is 10.5 Å². The van der Waals surface area contributed by atoms with Crippen molar-refractivity contribution in [1.82, 2.24) is 9.88 Å². The van der Waals surface area contributed by atoms with Crippen molar-refractivity contribution < 1.29 is 9.90 Å². The van der Waals surface area contributed by atoms with Crippen molar-refractivity contribution in [2.24, 2.45) is 0 Å². The number of benzene rings is 1. The molecule has 2 N–H and O–H groups in total. The molecule has 2 aromatic rings. The largest absolute Gasteiger partial charge is 0.396 e. The first kappa shape index (κ1) is 15.7. The maximum Gasteiger partial charge on any atom is 0.322 e. The van der Waals surface area contributed by atoms with Crippen molar-refractivity contribution in [2.45, 2.75) is 38.6 Å². The highest BCUT2D eigenvalue weighted by atomic mass is 16.3. The standard InChI is InChI=1S/C18H23N3O2/c1-13-11-14-5-4-8-19-17(14)16(12-13)20-18(23)21(15-6-7-15)9-2-3-10-22/h4-5,8,11-12,15,22H,2-3,6-7,9-10H2,1H3,(H,20,23). The summed E-state index contributed by atoms with van der Waals surface area (Å²) in [6.07, 6.45) is 5.44. The van der Waals surface area contributed by atoms with Crippen molar-refractivity contribution in [3.05, 3.63) is 36.0 Å². The molecule has 1 aromatic heterocycles. The van der Waals surface area contributed by atoms with Crippen LogP contribution in [0.15, 0.2) is 30.5 Å². The summed E-state index contributed by atoms with van der Waals surface area (Å²) in [4.78, 5) is 19.0. The van der Waals surface area contributed by atoms with Crippen LogP contribution >= 0.6 is 0 Å². The highest BCUT2D eigenvalue weighted by Gasteiger charge is 2.32. The van der Waals surface area contributed by atoms with Gasteiger partial charge in [-0.25, -0.2) is 4.79 Å². The molecule has 122 valence electrons. The average molecular weight is 313 g/mol. The molecule has 23 heavy (non-hydrogen) atoms. The van der Waals surface area contributed by atoms with Crippen molar-refractivity contribution in [2.75, 3.05) is 18.5 Å². The summed E-state index contributed by atoms with van der Waals surface area (Å²) < 4.78 is 0. The summed E-state index contributed by atoms with van der Waals surface area (Å²) in [5, 5.41) is 13.0. The summed E-state index contributed by atoms with van der Waals surface area (Å²) in [7, 11) is 0. The summed E-state index contributed by atoms with van der Waals surface area (Å²) in [6, 6.07) is 8.22. The van der Waals surface area contributed by atoms with E-state index in [0.29, 0.717) is 12.6 Å². The van der Waals surface area contributed by atoms with E-state index in [1.54, 1.807) is 6.20 Å². The summed E-state index contributed by atoms with van der Waals surface area (Å²) in [5.41, 5.74) is 2.68. The SMILES string of the molecule is Cc1cc(NC(=O)N(CCCCO)C2CC2)c2ncccc2c1. The van der Waals surface area contributed by atoms with Crippen LogP contribution in [0.5, 0.6) is 0 Å². The number of hydrogen-bond donors (Lipinski definition) is 2. The monoisotopic (exact) mass is 313 g/mol. The van der Waals surface area contributed by atoms with Gasteiger partial charge in [0.2, 0.25) is 0 Å². The lowest BCUT2D eigenvalue weighted by molar-refractivity contribution is 0.204. The van der Waals surface area contributed by atoms with E-state index in [0.717, 1.165) is 47.8 Å². The first-order valence-electron chi connectivity index (χ1n) is 8.23. The van der Waals surface area contributed by atoms with Gasteiger partial charge in [0.05, 0.1) is 11.2 Å². The van der Waals surface area contributed by atoms with E-state index in [-0.39, 0.29) is 12.6 Å². The molecule has 0 spiro atoms. The van der Waals surface area contributed by atoms with Crippen LogP contribution in [0.3, 0.4) is 0 Å². The third-order valence-corrected chi connectivity index (χ3v) is 4.15. The lowest BCUT2D eigenvalue weighted by Gasteiger charge is -2.23. The number of carbonyl (C=O) groups excluding carboxylic acids is 1. The van der Waals surface area contributed by atoms with Crippen molar-refractivity contribution >= 4 is 22.6 Å². The molecular weight excluding hydrogens is 290 g/mol. The van der Waals surface area contributed by atoms with E-state index < -0.39 is 0 Å². The molecule has 1 aliphatic rings. The second-order valence-corrected chi connectivity index (χ2v) is 6.17. The molecule has 1 aliphatic carbocycles. The molecule has 0 aliphatic heterocycles. The molecule has 0 bridgehead atoms. The van der Waals surface area contributed by atoms with Gasteiger partial charge in [-0.2, -0.15) is 0 Å². The Labute approximate surface area is 136 Å². The molecule has 2 amide bonds. The minimum atomic E-state index is -0.0667. The van der Waals surface area contributed by atoms with E-state index >= 15 is 0 Å². The Morgan fingerprint density at radius 2 is 2.22 bits per heavy atom. The molecular formula is C18H23N3O2. The van der Waals surface area contributed by atoms with Gasteiger partial charge in [-0.1, -0.05) is 6.07 Å². The number of aromatic nitrogens is 1. The van der Waals surface area contributed by atoms with Crippen LogP contribution in [0, 0.1) is 6.92 Å². The number of aryl methyl sites for hydroxylation is 1. The fraction of sp³-hybridized carbons (Fsp3) is 0.444. The molecule has 0 radical (unpaired) electrons. The van der Waals surface area contributed by atoms with Gasteiger partial charge in [0.1, 0.15) is 0 Å². The molecule has 5 heteroatoms. The van der Waals surface area contributed by atoms with Crippen LogP contribution in [0.25, 0.3) is 10.9 Å². The summed E-state index contributed by atoms with van der Waals surface area (Å²) in [5.74, 6) is 0.